The van der Waals surface area contributed by atoms with E-state index in [0.29, 0.717) is 0 Å². The maximum absolute atomic E-state index is 12.9. The summed E-state index contributed by atoms with van der Waals surface area (Å²) < 4.78 is 43.4. The Hall–Kier alpha value is -1.83. The van der Waals surface area contributed by atoms with E-state index in [1.54, 1.807) is 0 Å². The zero-order valence-corrected chi connectivity index (χ0v) is 11.0. The van der Waals surface area contributed by atoms with Crippen molar-refractivity contribution in [3.8, 4) is 5.75 Å². The second kappa shape index (κ2) is 6.37. The Morgan fingerprint density at radius 3 is 2.74 bits per heavy atom. The van der Waals surface area contributed by atoms with Crippen LogP contribution in [-0.4, -0.2) is 32.4 Å². The fourth-order valence-corrected chi connectivity index (χ4v) is 2.51. The highest BCUT2D eigenvalue weighted by Crippen LogP contribution is 2.26. The van der Waals surface area contributed by atoms with Crippen molar-refractivity contribution in [2.24, 2.45) is 0 Å². The van der Waals surface area contributed by atoms with Gasteiger partial charge in [0.2, 0.25) is 10.0 Å². The molecule has 0 atom stereocenters. The van der Waals surface area contributed by atoms with Gasteiger partial charge < -0.3 is 9.84 Å². The Bertz CT molecular complexity index is 558. The first-order valence-electron chi connectivity index (χ1n) is 5.40. The highest BCUT2D eigenvalue weighted by atomic mass is 32.2. The fourth-order valence-electron chi connectivity index (χ4n) is 1.38. The van der Waals surface area contributed by atoms with E-state index in [1.165, 1.54) is 13.2 Å². The van der Waals surface area contributed by atoms with Crippen LogP contribution in [0.1, 0.15) is 12.8 Å². The minimum Gasteiger partial charge on any atom is -0.494 e. The third kappa shape index (κ3) is 5.12. The number of nitrogens with one attached hydrogen (secondary N) is 1. The van der Waals surface area contributed by atoms with Crippen molar-refractivity contribution in [1.29, 1.82) is 0 Å². The van der Waals surface area contributed by atoms with E-state index in [-0.39, 0.29) is 30.0 Å². The molecule has 0 amide bonds. The summed E-state index contributed by atoms with van der Waals surface area (Å²) in [6.45, 7) is 0. The smallest absolute Gasteiger partial charge is 0.303 e. The summed E-state index contributed by atoms with van der Waals surface area (Å²) in [4.78, 5) is 10.3. The van der Waals surface area contributed by atoms with E-state index in [9.17, 15) is 17.6 Å². The number of benzene rings is 1. The number of methoxy groups -OCH3 is 1. The fraction of sp³-hybridized carbons (Fsp3) is 0.364. The number of carboxylic acid groups (broad SMARTS) is 1. The normalized spacial score (nSPS) is 11.1. The summed E-state index contributed by atoms with van der Waals surface area (Å²) in [6.07, 6.45) is -0.240. The molecular formula is C11H14FNO5S. The lowest BCUT2D eigenvalue weighted by Gasteiger charge is -2.11. The first-order valence-corrected chi connectivity index (χ1v) is 7.05. The van der Waals surface area contributed by atoms with Gasteiger partial charge in [0.15, 0.2) is 0 Å². The van der Waals surface area contributed by atoms with E-state index in [4.69, 9.17) is 9.84 Å². The molecule has 0 aliphatic carbocycles. The molecular weight excluding hydrogens is 277 g/mol. The zero-order chi connectivity index (χ0) is 14.5. The Morgan fingerprint density at radius 1 is 1.47 bits per heavy atom. The molecule has 19 heavy (non-hydrogen) atoms. The van der Waals surface area contributed by atoms with Gasteiger partial charge in [0.25, 0.3) is 0 Å². The van der Waals surface area contributed by atoms with E-state index in [1.807, 2.05) is 0 Å². The van der Waals surface area contributed by atoms with Crippen molar-refractivity contribution in [1.82, 2.24) is 0 Å². The molecule has 6 nitrogen and oxygen atoms in total. The molecule has 0 aromatic heterocycles. The van der Waals surface area contributed by atoms with E-state index < -0.39 is 21.8 Å². The van der Waals surface area contributed by atoms with Crippen molar-refractivity contribution < 1.29 is 27.4 Å². The van der Waals surface area contributed by atoms with Gasteiger partial charge in [0, 0.05) is 12.5 Å². The van der Waals surface area contributed by atoms with Gasteiger partial charge in [-0.2, -0.15) is 0 Å². The van der Waals surface area contributed by atoms with Crippen molar-refractivity contribution in [2.75, 3.05) is 17.6 Å². The summed E-state index contributed by atoms with van der Waals surface area (Å²) in [5.41, 5.74) is 0.110. The Balaban J connectivity index is 2.75. The predicted octanol–water partition coefficient (Wildman–Crippen LogP) is 1.44. The van der Waals surface area contributed by atoms with Crippen LogP contribution in [-0.2, 0) is 14.8 Å². The SMILES string of the molecule is COc1cc(F)ccc1NS(=O)(=O)CCCC(=O)O. The van der Waals surface area contributed by atoms with Crippen LogP contribution in [0.25, 0.3) is 0 Å². The van der Waals surface area contributed by atoms with Gasteiger partial charge in [-0.05, 0) is 18.6 Å². The number of sulfonamides is 1. The summed E-state index contributed by atoms with van der Waals surface area (Å²) in [6, 6.07) is 3.38. The Kier molecular flexibility index (Phi) is 5.11. The predicted molar refractivity (Wildman–Crippen MR) is 67.2 cm³/mol. The number of ether oxygens (including phenoxy) is 1. The van der Waals surface area contributed by atoms with Gasteiger partial charge in [-0.3, -0.25) is 9.52 Å². The molecule has 0 bridgehead atoms. The molecule has 1 aromatic rings. The first kappa shape index (κ1) is 15.2. The number of aliphatic carboxylic acids is 1. The first-order chi connectivity index (χ1) is 8.84. The zero-order valence-electron chi connectivity index (χ0n) is 10.2. The molecule has 0 aliphatic heterocycles. The van der Waals surface area contributed by atoms with Gasteiger partial charge in [-0.25, -0.2) is 12.8 Å². The maximum Gasteiger partial charge on any atom is 0.303 e. The molecule has 0 fully saturated rings. The van der Waals surface area contributed by atoms with Crippen LogP contribution in [0.5, 0.6) is 5.75 Å². The summed E-state index contributed by atoms with van der Waals surface area (Å²) >= 11 is 0. The average molecular weight is 291 g/mol. The molecule has 0 saturated heterocycles. The van der Waals surface area contributed by atoms with Crippen LogP contribution in [0, 0.1) is 5.82 Å². The third-order valence-corrected chi connectivity index (χ3v) is 3.59. The van der Waals surface area contributed by atoms with Crippen LogP contribution in [0.3, 0.4) is 0 Å². The monoisotopic (exact) mass is 291 g/mol. The highest BCUT2D eigenvalue weighted by Gasteiger charge is 2.14. The van der Waals surface area contributed by atoms with Crippen LogP contribution >= 0.6 is 0 Å². The lowest BCUT2D eigenvalue weighted by atomic mass is 10.3. The summed E-state index contributed by atoms with van der Waals surface area (Å²) in [7, 11) is -2.40. The topological polar surface area (TPSA) is 92.7 Å². The number of rotatable bonds is 7. The number of hydrogen-bond donors (Lipinski definition) is 2. The van der Waals surface area contributed by atoms with Gasteiger partial charge in [-0.15, -0.1) is 0 Å². The molecule has 0 radical (unpaired) electrons. The van der Waals surface area contributed by atoms with Crippen LogP contribution in [0.4, 0.5) is 10.1 Å². The molecule has 0 spiro atoms. The van der Waals surface area contributed by atoms with E-state index in [0.717, 1.165) is 12.1 Å². The maximum atomic E-state index is 12.9. The van der Waals surface area contributed by atoms with Crippen molar-refractivity contribution in [2.45, 2.75) is 12.8 Å². The molecule has 106 valence electrons. The Labute approximate surface area is 110 Å². The lowest BCUT2D eigenvalue weighted by Crippen LogP contribution is -2.18. The van der Waals surface area contributed by atoms with Crippen LogP contribution in [0.2, 0.25) is 0 Å². The van der Waals surface area contributed by atoms with Crippen LogP contribution in [0.15, 0.2) is 18.2 Å². The molecule has 0 saturated carbocycles. The van der Waals surface area contributed by atoms with Crippen molar-refractivity contribution >= 4 is 21.7 Å². The van der Waals surface area contributed by atoms with Gasteiger partial charge >= 0.3 is 5.97 Å². The third-order valence-electron chi connectivity index (χ3n) is 2.23. The van der Waals surface area contributed by atoms with Crippen LogP contribution < -0.4 is 9.46 Å². The molecule has 0 unspecified atom stereocenters. The quantitative estimate of drug-likeness (QED) is 0.793. The molecule has 8 heteroatoms. The summed E-state index contributed by atoms with van der Waals surface area (Å²) in [5, 5.41) is 8.44. The summed E-state index contributed by atoms with van der Waals surface area (Å²) in [5.74, 6) is -1.89. The minimum atomic E-state index is -3.69. The second-order valence-corrected chi connectivity index (χ2v) is 5.60. The Morgan fingerprint density at radius 2 is 2.16 bits per heavy atom. The molecule has 0 aliphatic rings. The molecule has 2 N–H and O–H groups in total. The average Bonchev–Trinajstić information content (AvgIpc) is 2.30. The largest absolute Gasteiger partial charge is 0.494 e. The highest BCUT2D eigenvalue weighted by molar-refractivity contribution is 7.92. The minimum absolute atomic E-state index is 0.00578. The van der Waals surface area contributed by atoms with E-state index >= 15 is 0 Å². The number of halogens is 1. The molecule has 0 heterocycles. The number of carboxylic acids is 1. The number of carbonyl (C=O) groups is 1. The standard InChI is InChI=1S/C11H14FNO5S/c1-18-10-7-8(12)4-5-9(10)13-19(16,17)6-2-3-11(14)15/h4-5,7,13H,2-3,6H2,1H3,(H,14,15). The molecule has 1 aromatic carbocycles. The number of hydrogen-bond acceptors (Lipinski definition) is 4. The van der Waals surface area contributed by atoms with Gasteiger partial charge in [-0.1, -0.05) is 0 Å². The van der Waals surface area contributed by atoms with Gasteiger partial charge in [0.05, 0.1) is 18.6 Å². The molecule has 1 rings (SSSR count). The van der Waals surface area contributed by atoms with E-state index in [2.05, 4.69) is 4.72 Å². The number of anilines is 1. The second-order valence-electron chi connectivity index (χ2n) is 3.76. The lowest BCUT2D eigenvalue weighted by molar-refractivity contribution is -0.137. The van der Waals surface area contributed by atoms with Gasteiger partial charge in [0.1, 0.15) is 11.6 Å². The van der Waals surface area contributed by atoms with Crippen molar-refractivity contribution in [3.63, 3.8) is 0 Å². The van der Waals surface area contributed by atoms with Crippen molar-refractivity contribution in [3.05, 3.63) is 24.0 Å².